The van der Waals surface area contributed by atoms with E-state index in [1.165, 1.54) is 0 Å². The van der Waals surface area contributed by atoms with Crippen molar-refractivity contribution in [3.05, 3.63) is 65.9 Å². The summed E-state index contributed by atoms with van der Waals surface area (Å²) in [4.78, 5) is 0. The van der Waals surface area contributed by atoms with Crippen molar-refractivity contribution >= 4 is 29.7 Å². The molecular weight excluding hydrogens is 364 g/mol. The van der Waals surface area contributed by atoms with Crippen molar-refractivity contribution in [2.75, 3.05) is 20.0 Å². The highest BCUT2D eigenvalue weighted by Gasteiger charge is 2.10. The monoisotopic (exact) mass is 382 g/mol. The molecule has 0 fully saturated rings. The molecule has 1 aromatic heterocycles. The van der Waals surface area contributed by atoms with Crippen LogP contribution in [-0.2, 0) is 0 Å². The summed E-state index contributed by atoms with van der Waals surface area (Å²) in [6, 6.07) is 18.6. The van der Waals surface area contributed by atoms with Gasteiger partial charge >= 0.3 is 0 Å². The molecule has 0 aliphatic carbocycles. The van der Waals surface area contributed by atoms with Crippen molar-refractivity contribution in [2.24, 2.45) is 0 Å². The Hall–Kier alpha value is -3.36. The van der Waals surface area contributed by atoms with Crippen LogP contribution in [-0.4, -0.2) is 14.2 Å². The van der Waals surface area contributed by atoms with Crippen LogP contribution < -0.4 is 15.2 Å². The number of nitriles is 1. The molecule has 3 aromatic rings. The molecule has 1 heterocycles. The number of halogens is 1. The van der Waals surface area contributed by atoms with E-state index in [4.69, 9.17) is 19.6 Å². The first kappa shape index (κ1) is 20.0. The first-order chi connectivity index (χ1) is 12.6. The van der Waals surface area contributed by atoms with Gasteiger partial charge in [0.05, 0.1) is 25.9 Å². The summed E-state index contributed by atoms with van der Waals surface area (Å²) in [5.74, 6) is 2.43. The molecule has 27 heavy (non-hydrogen) atoms. The number of nitrogen functional groups attached to an aromatic ring is 1. The first-order valence-electron chi connectivity index (χ1n) is 7.94. The second-order valence-electron chi connectivity index (χ2n) is 5.57. The lowest BCUT2D eigenvalue weighted by molar-refractivity contribution is 0.355. The van der Waals surface area contributed by atoms with E-state index in [1.54, 1.807) is 38.5 Å². The molecule has 0 aliphatic heterocycles. The SMILES string of the molecule is COc1ccc(/C(C#N)=C/c2ccc(-c3cccc(N)c3)o2)cc1OC.Cl. The number of furan rings is 1. The number of hydrogen-bond acceptors (Lipinski definition) is 5. The number of allylic oxidation sites excluding steroid dienone is 1. The van der Waals surface area contributed by atoms with Gasteiger partial charge in [-0.05, 0) is 54.1 Å². The molecule has 2 N–H and O–H groups in total. The Bertz CT molecular complexity index is 1000. The predicted octanol–water partition coefficient (Wildman–Crippen LogP) is 5.03. The molecule has 0 bridgehead atoms. The van der Waals surface area contributed by atoms with Gasteiger partial charge in [0.2, 0.25) is 0 Å². The summed E-state index contributed by atoms with van der Waals surface area (Å²) in [5, 5.41) is 9.54. The first-order valence-corrected chi connectivity index (χ1v) is 7.94. The van der Waals surface area contributed by atoms with Crippen LogP contribution in [0.4, 0.5) is 5.69 Å². The van der Waals surface area contributed by atoms with Gasteiger partial charge in [-0.2, -0.15) is 5.26 Å². The van der Waals surface area contributed by atoms with Gasteiger partial charge in [0, 0.05) is 11.3 Å². The molecule has 0 spiro atoms. The lowest BCUT2D eigenvalue weighted by atomic mass is 10.1. The number of methoxy groups -OCH3 is 2. The Morgan fingerprint density at radius 3 is 2.48 bits per heavy atom. The number of rotatable bonds is 5. The molecule has 0 atom stereocenters. The van der Waals surface area contributed by atoms with Crippen molar-refractivity contribution in [3.8, 4) is 28.9 Å². The van der Waals surface area contributed by atoms with E-state index in [2.05, 4.69) is 6.07 Å². The standard InChI is InChI=1S/C21H18N2O3.ClH/c1-24-20-8-6-14(12-21(20)25-2)16(13-22)11-18-7-9-19(26-18)15-4-3-5-17(23)10-15;/h3-12H,23H2,1-2H3;1H/b16-11+;. The average molecular weight is 383 g/mol. The van der Waals surface area contributed by atoms with Crippen LogP contribution in [0.25, 0.3) is 23.0 Å². The highest BCUT2D eigenvalue weighted by molar-refractivity contribution is 5.89. The third kappa shape index (κ3) is 4.43. The smallest absolute Gasteiger partial charge is 0.161 e. The van der Waals surface area contributed by atoms with Gasteiger partial charge in [-0.25, -0.2) is 0 Å². The average Bonchev–Trinajstić information content (AvgIpc) is 3.14. The summed E-state index contributed by atoms with van der Waals surface area (Å²) < 4.78 is 16.4. The zero-order valence-electron chi connectivity index (χ0n) is 14.9. The fraction of sp³-hybridized carbons (Fsp3) is 0.0952. The van der Waals surface area contributed by atoms with Crippen LogP contribution in [0.2, 0.25) is 0 Å². The molecule has 0 radical (unpaired) electrons. The summed E-state index contributed by atoms with van der Waals surface area (Å²) in [6.07, 6.45) is 1.69. The normalized spacial score (nSPS) is 10.6. The molecule has 0 saturated heterocycles. The van der Waals surface area contributed by atoms with Crippen LogP contribution in [0.1, 0.15) is 11.3 Å². The summed E-state index contributed by atoms with van der Waals surface area (Å²) in [6.45, 7) is 0. The van der Waals surface area contributed by atoms with Crippen LogP contribution >= 0.6 is 12.4 Å². The third-order valence-electron chi connectivity index (χ3n) is 3.90. The number of nitrogens with two attached hydrogens (primary N) is 1. The Kier molecular flexibility index (Phi) is 6.53. The van der Waals surface area contributed by atoms with Gasteiger partial charge in [0.15, 0.2) is 11.5 Å². The molecule has 0 aliphatic rings. The molecule has 6 heteroatoms. The Morgan fingerprint density at radius 1 is 1.04 bits per heavy atom. The second-order valence-corrected chi connectivity index (χ2v) is 5.57. The van der Waals surface area contributed by atoms with E-state index in [1.807, 2.05) is 36.4 Å². The Labute approximate surface area is 164 Å². The van der Waals surface area contributed by atoms with Crippen molar-refractivity contribution in [1.82, 2.24) is 0 Å². The topological polar surface area (TPSA) is 81.4 Å². The predicted molar refractivity (Wildman–Crippen MR) is 109 cm³/mol. The maximum atomic E-state index is 9.54. The third-order valence-corrected chi connectivity index (χ3v) is 3.90. The number of nitrogens with zero attached hydrogens (tertiary/aromatic N) is 1. The largest absolute Gasteiger partial charge is 0.493 e. The molecule has 5 nitrogen and oxygen atoms in total. The van der Waals surface area contributed by atoms with Crippen LogP contribution in [0.3, 0.4) is 0 Å². The Balaban J connectivity index is 0.00000261. The number of hydrogen-bond donors (Lipinski definition) is 1. The second kappa shape index (κ2) is 8.84. The summed E-state index contributed by atoms with van der Waals surface area (Å²) in [7, 11) is 3.13. The zero-order chi connectivity index (χ0) is 18.5. The van der Waals surface area contributed by atoms with Crippen molar-refractivity contribution in [2.45, 2.75) is 0 Å². The summed E-state index contributed by atoms with van der Waals surface area (Å²) >= 11 is 0. The lowest BCUT2D eigenvalue weighted by Crippen LogP contribution is -1.92. The van der Waals surface area contributed by atoms with Gasteiger partial charge in [0.25, 0.3) is 0 Å². The van der Waals surface area contributed by atoms with Gasteiger partial charge in [-0.3, -0.25) is 0 Å². The fourth-order valence-corrected chi connectivity index (χ4v) is 2.60. The Morgan fingerprint density at radius 2 is 1.81 bits per heavy atom. The van der Waals surface area contributed by atoms with E-state index >= 15 is 0 Å². The highest BCUT2D eigenvalue weighted by atomic mass is 35.5. The van der Waals surface area contributed by atoms with Crippen molar-refractivity contribution in [3.63, 3.8) is 0 Å². The van der Waals surface area contributed by atoms with E-state index in [9.17, 15) is 5.26 Å². The van der Waals surface area contributed by atoms with Gasteiger partial charge < -0.3 is 19.6 Å². The fourth-order valence-electron chi connectivity index (χ4n) is 2.60. The quantitative estimate of drug-likeness (QED) is 0.494. The molecule has 3 rings (SSSR count). The highest BCUT2D eigenvalue weighted by Crippen LogP contribution is 2.31. The van der Waals surface area contributed by atoms with Crippen molar-refractivity contribution < 1.29 is 13.9 Å². The number of anilines is 1. The minimum atomic E-state index is 0. The van der Waals surface area contributed by atoms with Crippen LogP contribution in [0, 0.1) is 11.3 Å². The minimum Gasteiger partial charge on any atom is -0.493 e. The van der Waals surface area contributed by atoms with E-state index < -0.39 is 0 Å². The maximum Gasteiger partial charge on any atom is 0.161 e. The van der Waals surface area contributed by atoms with Crippen LogP contribution in [0.15, 0.2) is 59.0 Å². The van der Waals surface area contributed by atoms with E-state index in [0.717, 1.165) is 5.56 Å². The molecule has 138 valence electrons. The maximum absolute atomic E-state index is 9.54. The lowest BCUT2D eigenvalue weighted by Gasteiger charge is -2.08. The molecule has 2 aromatic carbocycles. The molecule has 0 unspecified atom stereocenters. The molecule has 0 amide bonds. The van der Waals surface area contributed by atoms with Gasteiger partial charge in [-0.1, -0.05) is 12.1 Å². The van der Waals surface area contributed by atoms with Crippen molar-refractivity contribution in [1.29, 1.82) is 5.26 Å². The zero-order valence-corrected chi connectivity index (χ0v) is 15.7. The minimum absolute atomic E-state index is 0. The number of benzene rings is 2. The van der Waals surface area contributed by atoms with Crippen LogP contribution in [0.5, 0.6) is 11.5 Å². The van der Waals surface area contributed by atoms with E-state index in [0.29, 0.717) is 39.8 Å². The number of ether oxygens (including phenoxy) is 2. The molecule has 0 saturated carbocycles. The van der Waals surface area contributed by atoms with E-state index in [-0.39, 0.29) is 12.4 Å². The van der Waals surface area contributed by atoms with Gasteiger partial charge in [-0.15, -0.1) is 12.4 Å². The summed E-state index contributed by atoms with van der Waals surface area (Å²) in [5.41, 5.74) is 8.54. The molecular formula is C21H19ClN2O3. The van der Waals surface area contributed by atoms with Gasteiger partial charge in [0.1, 0.15) is 11.5 Å².